The van der Waals surface area contributed by atoms with E-state index in [-0.39, 0.29) is 5.78 Å². The molecule has 2 heteroatoms. The van der Waals surface area contributed by atoms with Crippen molar-refractivity contribution in [3.63, 3.8) is 0 Å². The molecule has 1 heterocycles. The van der Waals surface area contributed by atoms with E-state index in [9.17, 15) is 4.79 Å². The van der Waals surface area contributed by atoms with Gasteiger partial charge in [0.05, 0.1) is 0 Å². The summed E-state index contributed by atoms with van der Waals surface area (Å²) in [7, 11) is 0. The number of hydrogen-bond acceptors (Lipinski definition) is 2. The molecule has 0 N–H and O–H groups in total. The number of benzene rings is 2. The zero-order valence-corrected chi connectivity index (χ0v) is 10.8. The van der Waals surface area contributed by atoms with E-state index in [1.165, 1.54) is 0 Å². The van der Waals surface area contributed by atoms with Gasteiger partial charge in [0, 0.05) is 26.6 Å². The van der Waals surface area contributed by atoms with Gasteiger partial charge >= 0.3 is 0 Å². The summed E-state index contributed by atoms with van der Waals surface area (Å²) in [6.45, 7) is 2.00. The van der Waals surface area contributed by atoms with Crippen molar-refractivity contribution in [1.82, 2.24) is 0 Å². The lowest BCUT2D eigenvalue weighted by molar-refractivity contribution is 0.104. The first-order valence-electron chi connectivity index (χ1n) is 5.83. The van der Waals surface area contributed by atoms with Gasteiger partial charge < -0.3 is 0 Å². The minimum atomic E-state index is 0.108. The largest absolute Gasteiger partial charge is 0.289 e. The fourth-order valence-electron chi connectivity index (χ4n) is 2.10. The highest BCUT2D eigenvalue weighted by atomic mass is 32.1. The van der Waals surface area contributed by atoms with Crippen molar-refractivity contribution in [3.8, 4) is 0 Å². The van der Waals surface area contributed by atoms with Gasteiger partial charge in [0.15, 0.2) is 5.78 Å². The summed E-state index contributed by atoms with van der Waals surface area (Å²) >= 11 is 1.62. The second-order valence-corrected chi connectivity index (χ2v) is 5.26. The summed E-state index contributed by atoms with van der Waals surface area (Å²) in [6, 6.07) is 15.8. The van der Waals surface area contributed by atoms with Crippen LogP contribution in [0.2, 0.25) is 0 Å². The number of rotatable bonds is 2. The summed E-state index contributed by atoms with van der Waals surface area (Å²) in [4.78, 5) is 12.5. The minimum Gasteiger partial charge on any atom is -0.289 e. The number of ketones is 1. The standard InChI is InChI=1S/C16H12OS/c1-11-5-4-6-12(9-11)16(17)14-10-18-15-8-3-2-7-13(14)15/h2-10H,1H3. The molecule has 3 aromatic rings. The molecule has 0 radical (unpaired) electrons. The Labute approximate surface area is 110 Å². The minimum absolute atomic E-state index is 0.108. The molecule has 0 unspecified atom stereocenters. The maximum atomic E-state index is 12.5. The summed E-state index contributed by atoms with van der Waals surface area (Å²) in [6.07, 6.45) is 0. The molecule has 0 aliphatic carbocycles. The molecule has 0 saturated heterocycles. The predicted molar refractivity (Wildman–Crippen MR) is 76.4 cm³/mol. The molecule has 2 aromatic carbocycles. The molecule has 0 amide bonds. The Balaban J connectivity index is 2.12. The van der Waals surface area contributed by atoms with Gasteiger partial charge in [-0.3, -0.25) is 4.79 Å². The zero-order chi connectivity index (χ0) is 12.5. The Kier molecular flexibility index (Phi) is 2.73. The van der Waals surface area contributed by atoms with Gasteiger partial charge in [-0.05, 0) is 19.1 Å². The Bertz CT molecular complexity index is 725. The molecule has 0 fully saturated rings. The van der Waals surface area contributed by atoms with Gasteiger partial charge in [0.1, 0.15) is 0 Å². The van der Waals surface area contributed by atoms with Crippen molar-refractivity contribution in [2.24, 2.45) is 0 Å². The molecular weight excluding hydrogens is 240 g/mol. The van der Waals surface area contributed by atoms with Crippen molar-refractivity contribution >= 4 is 27.2 Å². The molecule has 1 nitrogen and oxygen atoms in total. The van der Waals surface area contributed by atoms with Crippen LogP contribution in [0, 0.1) is 6.92 Å². The highest BCUT2D eigenvalue weighted by Crippen LogP contribution is 2.27. The number of carbonyl (C=O) groups excluding carboxylic acids is 1. The van der Waals surface area contributed by atoms with Crippen molar-refractivity contribution in [2.45, 2.75) is 6.92 Å². The van der Waals surface area contributed by atoms with Crippen LogP contribution in [0.3, 0.4) is 0 Å². The third-order valence-corrected chi connectivity index (χ3v) is 3.97. The third kappa shape index (κ3) is 1.85. The van der Waals surface area contributed by atoms with Gasteiger partial charge in [-0.15, -0.1) is 11.3 Å². The summed E-state index contributed by atoms with van der Waals surface area (Å²) < 4.78 is 1.16. The molecule has 1 aromatic heterocycles. The number of hydrogen-bond donors (Lipinski definition) is 0. The van der Waals surface area contributed by atoms with Crippen LogP contribution in [-0.4, -0.2) is 5.78 Å². The third-order valence-electron chi connectivity index (χ3n) is 3.01. The number of fused-ring (bicyclic) bond motifs is 1. The lowest BCUT2D eigenvalue weighted by Gasteiger charge is -2.01. The van der Waals surface area contributed by atoms with Gasteiger partial charge in [-0.25, -0.2) is 0 Å². The van der Waals surface area contributed by atoms with E-state index < -0.39 is 0 Å². The van der Waals surface area contributed by atoms with E-state index in [1.807, 2.05) is 60.8 Å². The number of carbonyl (C=O) groups is 1. The first-order chi connectivity index (χ1) is 8.75. The van der Waals surface area contributed by atoms with Crippen LogP contribution in [0.5, 0.6) is 0 Å². The molecular formula is C16H12OS. The Hall–Kier alpha value is -1.93. The fourth-order valence-corrected chi connectivity index (χ4v) is 3.04. The van der Waals surface area contributed by atoms with E-state index in [2.05, 4.69) is 0 Å². The summed E-state index contributed by atoms with van der Waals surface area (Å²) in [5.74, 6) is 0.108. The van der Waals surface area contributed by atoms with Gasteiger partial charge in [-0.1, -0.05) is 42.0 Å². The molecule has 88 valence electrons. The average Bonchev–Trinajstić information content (AvgIpc) is 2.82. The van der Waals surface area contributed by atoms with Gasteiger partial charge in [-0.2, -0.15) is 0 Å². The second-order valence-electron chi connectivity index (χ2n) is 4.34. The van der Waals surface area contributed by atoms with Crippen LogP contribution in [0.1, 0.15) is 21.5 Å². The summed E-state index contributed by atoms with van der Waals surface area (Å²) in [5.41, 5.74) is 2.68. The van der Waals surface area contributed by atoms with Gasteiger partial charge in [0.2, 0.25) is 0 Å². The zero-order valence-electron chi connectivity index (χ0n) is 10.0. The van der Waals surface area contributed by atoms with E-state index >= 15 is 0 Å². The summed E-state index contributed by atoms with van der Waals surface area (Å²) in [5, 5.41) is 3.00. The Morgan fingerprint density at radius 1 is 1.06 bits per heavy atom. The van der Waals surface area contributed by atoms with Crippen molar-refractivity contribution in [1.29, 1.82) is 0 Å². The Morgan fingerprint density at radius 3 is 2.72 bits per heavy atom. The van der Waals surface area contributed by atoms with Crippen molar-refractivity contribution < 1.29 is 4.79 Å². The van der Waals surface area contributed by atoms with Crippen molar-refractivity contribution in [2.75, 3.05) is 0 Å². The van der Waals surface area contributed by atoms with Crippen molar-refractivity contribution in [3.05, 3.63) is 70.6 Å². The monoisotopic (exact) mass is 252 g/mol. The van der Waals surface area contributed by atoms with Gasteiger partial charge in [0.25, 0.3) is 0 Å². The predicted octanol–water partition coefficient (Wildman–Crippen LogP) is 4.44. The van der Waals surface area contributed by atoms with Crippen LogP contribution in [0.25, 0.3) is 10.1 Å². The fraction of sp³-hybridized carbons (Fsp3) is 0.0625. The molecule has 18 heavy (non-hydrogen) atoms. The lowest BCUT2D eigenvalue weighted by Crippen LogP contribution is -2.00. The highest BCUT2D eigenvalue weighted by molar-refractivity contribution is 7.17. The molecule has 0 spiro atoms. The molecule has 0 atom stereocenters. The van der Waals surface area contributed by atoms with E-state index in [0.717, 1.165) is 26.8 Å². The molecule has 0 bridgehead atoms. The van der Waals surface area contributed by atoms with E-state index in [4.69, 9.17) is 0 Å². The molecule has 0 aliphatic heterocycles. The first-order valence-corrected chi connectivity index (χ1v) is 6.71. The maximum absolute atomic E-state index is 12.5. The number of aryl methyl sites for hydroxylation is 1. The lowest BCUT2D eigenvalue weighted by atomic mass is 10.0. The van der Waals surface area contributed by atoms with E-state index in [1.54, 1.807) is 11.3 Å². The molecule has 0 saturated carbocycles. The van der Waals surface area contributed by atoms with Crippen LogP contribution < -0.4 is 0 Å². The van der Waals surface area contributed by atoms with E-state index in [0.29, 0.717) is 0 Å². The smallest absolute Gasteiger partial charge is 0.194 e. The maximum Gasteiger partial charge on any atom is 0.194 e. The topological polar surface area (TPSA) is 17.1 Å². The number of thiophene rings is 1. The molecule has 3 rings (SSSR count). The first kappa shape index (κ1) is 11.2. The van der Waals surface area contributed by atoms with Crippen LogP contribution in [0.4, 0.5) is 0 Å². The van der Waals surface area contributed by atoms with Crippen LogP contribution in [0.15, 0.2) is 53.9 Å². The molecule has 0 aliphatic rings. The normalized spacial score (nSPS) is 10.7. The highest BCUT2D eigenvalue weighted by Gasteiger charge is 2.13. The van der Waals surface area contributed by atoms with Crippen LogP contribution in [-0.2, 0) is 0 Å². The average molecular weight is 252 g/mol. The quantitative estimate of drug-likeness (QED) is 0.616. The SMILES string of the molecule is Cc1cccc(C(=O)c2csc3ccccc23)c1. The Morgan fingerprint density at radius 2 is 1.89 bits per heavy atom. The van der Waals surface area contributed by atoms with Crippen LogP contribution >= 0.6 is 11.3 Å². The second kappa shape index (κ2) is 4.39.